The third kappa shape index (κ3) is 12.6. The molecule has 0 rings (SSSR count). The molecule has 6 heteroatoms. The molecule has 0 amide bonds. The summed E-state index contributed by atoms with van der Waals surface area (Å²) in [6.45, 7) is 3.87. The molecule has 116 valence electrons. The maximum absolute atomic E-state index is 10.9. The summed E-state index contributed by atoms with van der Waals surface area (Å²) in [4.78, 5) is 0. The SMILES string of the molecule is CCCCCCCCC(O)CCC(CC)S(=O)(=O)[O-].[Na+]. The van der Waals surface area contributed by atoms with Crippen LogP contribution in [0.2, 0.25) is 0 Å². The topological polar surface area (TPSA) is 77.4 Å². The van der Waals surface area contributed by atoms with Crippen molar-refractivity contribution in [3.8, 4) is 0 Å². The molecule has 0 aromatic heterocycles. The van der Waals surface area contributed by atoms with Crippen LogP contribution in [0.5, 0.6) is 0 Å². The van der Waals surface area contributed by atoms with Gasteiger partial charge in [0.1, 0.15) is 0 Å². The van der Waals surface area contributed by atoms with Crippen molar-refractivity contribution in [1.82, 2.24) is 0 Å². The number of rotatable bonds is 12. The number of unbranched alkanes of at least 4 members (excludes halogenated alkanes) is 5. The number of hydrogen-bond acceptors (Lipinski definition) is 4. The molecule has 2 unspecified atom stereocenters. The predicted molar refractivity (Wildman–Crippen MR) is 77.0 cm³/mol. The van der Waals surface area contributed by atoms with E-state index in [9.17, 15) is 18.1 Å². The fourth-order valence-corrected chi connectivity index (χ4v) is 3.07. The first kappa shape index (κ1) is 23.1. The molecule has 0 spiro atoms. The second kappa shape index (κ2) is 13.5. The van der Waals surface area contributed by atoms with Gasteiger partial charge in [-0.3, -0.25) is 0 Å². The van der Waals surface area contributed by atoms with Crippen molar-refractivity contribution in [1.29, 1.82) is 0 Å². The minimum atomic E-state index is -4.21. The van der Waals surface area contributed by atoms with Crippen molar-refractivity contribution in [3.05, 3.63) is 0 Å². The summed E-state index contributed by atoms with van der Waals surface area (Å²) < 4.78 is 32.7. The number of hydrogen-bond donors (Lipinski definition) is 1. The fourth-order valence-electron chi connectivity index (χ4n) is 2.24. The molecule has 0 aromatic carbocycles. The normalized spacial score (nSPS) is 14.6. The molecule has 0 saturated carbocycles. The van der Waals surface area contributed by atoms with Crippen LogP contribution in [-0.2, 0) is 10.1 Å². The van der Waals surface area contributed by atoms with E-state index in [-0.39, 0.29) is 36.0 Å². The minimum absolute atomic E-state index is 0. The summed E-state index contributed by atoms with van der Waals surface area (Å²) in [7, 11) is -4.21. The Morgan fingerprint density at radius 2 is 1.50 bits per heavy atom. The Kier molecular flexibility index (Phi) is 15.7. The van der Waals surface area contributed by atoms with Crippen LogP contribution in [0.25, 0.3) is 0 Å². The van der Waals surface area contributed by atoms with E-state index >= 15 is 0 Å². The van der Waals surface area contributed by atoms with E-state index in [1.807, 2.05) is 0 Å². The van der Waals surface area contributed by atoms with E-state index in [1.54, 1.807) is 6.92 Å². The maximum atomic E-state index is 10.9. The zero-order valence-corrected chi connectivity index (χ0v) is 16.1. The van der Waals surface area contributed by atoms with E-state index in [0.717, 1.165) is 12.8 Å². The van der Waals surface area contributed by atoms with Crippen LogP contribution >= 0.6 is 0 Å². The Labute approximate surface area is 146 Å². The van der Waals surface area contributed by atoms with Gasteiger partial charge >= 0.3 is 29.6 Å². The number of aliphatic hydroxyl groups excluding tert-OH is 1. The second-order valence-electron chi connectivity index (χ2n) is 5.31. The molecule has 0 heterocycles. The molecule has 0 aromatic rings. The molecule has 0 radical (unpaired) electrons. The Morgan fingerprint density at radius 3 is 2.00 bits per heavy atom. The van der Waals surface area contributed by atoms with Crippen LogP contribution in [0, 0.1) is 0 Å². The van der Waals surface area contributed by atoms with Crippen molar-refractivity contribution < 1.29 is 47.6 Å². The first-order chi connectivity index (χ1) is 8.91. The van der Waals surface area contributed by atoms with Gasteiger partial charge in [0.25, 0.3) is 0 Å². The fraction of sp³-hybridized carbons (Fsp3) is 1.00. The first-order valence-electron chi connectivity index (χ1n) is 7.54. The molecule has 0 aliphatic rings. The summed E-state index contributed by atoms with van der Waals surface area (Å²) in [6.07, 6.45) is 8.30. The van der Waals surface area contributed by atoms with Gasteiger partial charge in [0.2, 0.25) is 0 Å². The van der Waals surface area contributed by atoms with Gasteiger partial charge in [0, 0.05) is 5.25 Å². The van der Waals surface area contributed by atoms with Crippen molar-refractivity contribution in [2.75, 3.05) is 0 Å². The van der Waals surface area contributed by atoms with Gasteiger partial charge in [0.15, 0.2) is 0 Å². The summed E-state index contributed by atoms with van der Waals surface area (Å²) in [5.74, 6) is 0. The molecule has 4 nitrogen and oxygen atoms in total. The van der Waals surface area contributed by atoms with E-state index in [2.05, 4.69) is 6.92 Å². The molecule has 0 aliphatic heterocycles. The van der Waals surface area contributed by atoms with E-state index in [1.165, 1.54) is 25.7 Å². The maximum Gasteiger partial charge on any atom is 1.00 e. The minimum Gasteiger partial charge on any atom is -0.748 e. The van der Waals surface area contributed by atoms with Crippen molar-refractivity contribution in [2.45, 2.75) is 89.4 Å². The van der Waals surface area contributed by atoms with E-state index < -0.39 is 21.5 Å². The van der Waals surface area contributed by atoms with Crippen LogP contribution in [0.4, 0.5) is 0 Å². The molecule has 1 N–H and O–H groups in total. The van der Waals surface area contributed by atoms with Gasteiger partial charge in [-0.2, -0.15) is 0 Å². The van der Waals surface area contributed by atoms with Gasteiger partial charge in [0.05, 0.1) is 16.2 Å². The molecule has 0 saturated heterocycles. The van der Waals surface area contributed by atoms with Crippen molar-refractivity contribution >= 4 is 10.1 Å². The molecule has 2 atom stereocenters. The van der Waals surface area contributed by atoms with Gasteiger partial charge in [-0.05, 0) is 25.7 Å². The molecule has 0 fully saturated rings. The van der Waals surface area contributed by atoms with Gasteiger partial charge < -0.3 is 9.66 Å². The third-order valence-corrected chi connectivity index (χ3v) is 4.96. The van der Waals surface area contributed by atoms with Crippen molar-refractivity contribution in [3.63, 3.8) is 0 Å². The second-order valence-corrected chi connectivity index (χ2v) is 6.96. The molecular weight excluding hydrogens is 287 g/mol. The number of aliphatic hydroxyl groups is 1. The van der Waals surface area contributed by atoms with Gasteiger partial charge in [-0.25, -0.2) is 8.42 Å². The zero-order valence-electron chi connectivity index (χ0n) is 13.3. The predicted octanol–water partition coefficient (Wildman–Crippen LogP) is 0.206. The van der Waals surface area contributed by atoms with E-state index in [4.69, 9.17) is 0 Å². The summed E-state index contributed by atoms with van der Waals surface area (Å²) >= 11 is 0. The van der Waals surface area contributed by atoms with Gasteiger partial charge in [-0.15, -0.1) is 0 Å². The monoisotopic (exact) mass is 316 g/mol. The zero-order chi connectivity index (χ0) is 14.7. The van der Waals surface area contributed by atoms with Crippen molar-refractivity contribution in [2.24, 2.45) is 0 Å². The quantitative estimate of drug-likeness (QED) is 0.317. The van der Waals surface area contributed by atoms with Crippen LogP contribution in [0.15, 0.2) is 0 Å². The average molecular weight is 316 g/mol. The summed E-state index contributed by atoms with van der Waals surface area (Å²) in [5.41, 5.74) is 0. The average Bonchev–Trinajstić information content (AvgIpc) is 2.32. The first-order valence-corrected chi connectivity index (χ1v) is 9.01. The Hall–Kier alpha value is 0.870. The van der Waals surface area contributed by atoms with E-state index in [0.29, 0.717) is 19.3 Å². The molecular formula is C14H29NaO4S. The van der Waals surface area contributed by atoms with Crippen LogP contribution in [-0.4, -0.2) is 29.4 Å². The smallest absolute Gasteiger partial charge is 0.748 e. The largest absolute Gasteiger partial charge is 1.00 e. The Morgan fingerprint density at radius 1 is 0.950 bits per heavy atom. The molecule has 20 heavy (non-hydrogen) atoms. The summed E-state index contributed by atoms with van der Waals surface area (Å²) in [6, 6.07) is 0. The third-order valence-electron chi connectivity index (χ3n) is 3.58. The molecule has 0 bridgehead atoms. The van der Waals surface area contributed by atoms with Gasteiger partial charge in [-0.1, -0.05) is 52.4 Å². The standard InChI is InChI=1S/C14H30O4S.Na/c1-3-5-6-7-8-9-10-13(15)11-12-14(4-2)19(16,17)18;/h13-15H,3-12H2,1-2H3,(H,16,17,18);/q;+1/p-1. The van der Waals surface area contributed by atoms with Crippen LogP contribution < -0.4 is 29.6 Å². The Balaban J connectivity index is 0. The van der Waals surface area contributed by atoms with Crippen LogP contribution in [0.1, 0.15) is 78.1 Å². The Bertz CT molecular complexity index is 306. The summed E-state index contributed by atoms with van der Waals surface area (Å²) in [5, 5.41) is 8.92. The van der Waals surface area contributed by atoms with Crippen LogP contribution in [0.3, 0.4) is 0 Å². The molecule has 0 aliphatic carbocycles.